The number of carbonyl (C=O) groups excluding carboxylic acids is 5. The van der Waals surface area contributed by atoms with Gasteiger partial charge < -0.3 is 34.5 Å². The zero-order valence-corrected chi connectivity index (χ0v) is 37.0. The fourth-order valence-electron chi connectivity index (χ4n) is 6.24. The minimum atomic E-state index is -4.49. The van der Waals surface area contributed by atoms with E-state index in [0.29, 0.717) is 34.9 Å². The molecule has 334 valence electrons. The molecule has 22 heteroatoms. The van der Waals surface area contributed by atoms with Gasteiger partial charge in [-0.3, -0.25) is 14.7 Å². The van der Waals surface area contributed by atoms with Crippen LogP contribution in [0.5, 0.6) is 5.75 Å². The first-order valence-electron chi connectivity index (χ1n) is 19.4. The summed E-state index contributed by atoms with van der Waals surface area (Å²) in [6, 6.07) is 14.6. The Hall–Kier alpha value is -5.84. The predicted octanol–water partition coefficient (Wildman–Crippen LogP) is 4.09. The number of methoxy groups -OCH3 is 1. The number of esters is 3. The summed E-state index contributed by atoms with van der Waals surface area (Å²) in [7, 11) is -6.75. The quantitative estimate of drug-likeness (QED) is 0.0763. The largest absolute Gasteiger partial charge is 0.497 e. The Kier molecular flexibility index (Phi) is 15.9. The highest BCUT2D eigenvalue weighted by Crippen LogP contribution is 2.42. The topological polar surface area (TPSA) is 259 Å². The van der Waals surface area contributed by atoms with Crippen LogP contribution in [0.3, 0.4) is 0 Å². The van der Waals surface area contributed by atoms with E-state index in [9.17, 15) is 40.8 Å². The zero-order chi connectivity index (χ0) is 45.2. The average molecular weight is 917 g/mol. The summed E-state index contributed by atoms with van der Waals surface area (Å²) >= 11 is 0.544. The van der Waals surface area contributed by atoms with Gasteiger partial charge in [-0.1, -0.05) is 31.2 Å². The van der Waals surface area contributed by atoms with Gasteiger partial charge in [0.1, 0.15) is 20.8 Å². The number of fused-ring (bicyclic) bond motifs is 1. The second-order valence-electron chi connectivity index (χ2n) is 14.2. The molecule has 0 bridgehead atoms. The molecular weight excluding hydrogens is 869 g/mol. The first-order valence-corrected chi connectivity index (χ1v) is 23.3. The first-order chi connectivity index (χ1) is 29.4. The van der Waals surface area contributed by atoms with Crippen molar-refractivity contribution in [3.05, 3.63) is 78.1 Å². The van der Waals surface area contributed by atoms with Gasteiger partial charge in [0.2, 0.25) is 5.91 Å². The summed E-state index contributed by atoms with van der Waals surface area (Å²) in [5, 5.41) is 11.9. The number of ether oxygens (including phenoxy) is 4. The van der Waals surface area contributed by atoms with Gasteiger partial charge in [-0.05, 0) is 75.2 Å². The number of urea groups is 1. The molecule has 0 saturated heterocycles. The highest BCUT2D eigenvalue weighted by molar-refractivity contribution is 7.95. The molecule has 2 aromatic carbocycles. The van der Waals surface area contributed by atoms with Gasteiger partial charge >= 0.3 is 23.9 Å². The molecule has 2 unspecified atom stereocenters. The number of nitrogens with zero attached hydrogens (tertiary/aromatic N) is 2. The summed E-state index contributed by atoms with van der Waals surface area (Å²) in [6.07, 6.45) is -0.563. The fourth-order valence-corrected chi connectivity index (χ4v) is 11.2. The minimum absolute atomic E-state index is 0.0566. The number of H-pyrrole nitrogens is 1. The number of carbonyl (C=O) groups is 5. The molecule has 19 nitrogen and oxygen atoms in total. The van der Waals surface area contributed by atoms with Gasteiger partial charge in [-0.15, -0.1) is 11.3 Å². The van der Waals surface area contributed by atoms with Gasteiger partial charge in [0.05, 0.1) is 31.5 Å². The number of rotatable bonds is 19. The number of aromatic amines is 1. The standard InChI is InChI=1S/C40H48N6O13S3/c1-6-41-33-18-24(2)61(52,53)39-32(33)20-36(60-39)62(54,55)45-34(47)14-15-35(48)58-26(4)38(50)59-25(3)37(49)57-17-16-46(23-27-8-7-9-31(19-27)56-5)40(51)44-30-12-10-28(11-13-30)29-21-42-43-22-29/h7-13,19-22,24-26,33,41H,6,14-18,23H2,1-5H3,(H,42,43)(H,44,51)(H,45,47)/t24-,25?,26?,33-/m0/s1. The maximum absolute atomic E-state index is 13.4. The molecule has 0 spiro atoms. The Balaban J connectivity index is 1.08. The lowest BCUT2D eigenvalue weighted by Gasteiger charge is -2.27. The van der Waals surface area contributed by atoms with E-state index >= 15 is 0 Å². The van der Waals surface area contributed by atoms with Gasteiger partial charge in [0, 0.05) is 42.0 Å². The lowest BCUT2D eigenvalue weighted by molar-refractivity contribution is -0.177. The minimum Gasteiger partial charge on any atom is -0.497 e. The van der Waals surface area contributed by atoms with E-state index in [0.717, 1.165) is 16.7 Å². The Labute approximate surface area is 362 Å². The van der Waals surface area contributed by atoms with Gasteiger partial charge in [0.15, 0.2) is 22.0 Å². The van der Waals surface area contributed by atoms with E-state index in [1.807, 2.05) is 23.8 Å². The van der Waals surface area contributed by atoms with Crippen molar-refractivity contribution in [2.75, 3.05) is 32.1 Å². The molecular formula is C40H48N6O13S3. The molecule has 4 atom stereocenters. The summed E-state index contributed by atoms with van der Waals surface area (Å²) in [4.78, 5) is 65.4. The number of nitrogens with one attached hydrogen (secondary N) is 4. The molecule has 62 heavy (non-hydrogen) atoms. The number of sulfone groups is 1. The van der Waals surface area contributed by atoms with Gasteiger partial charge in [-0.25, -0.2) is 35.9 Å². The van der Waals surface area contributed by atoms with Crippen molar-refractivity contribution < 1.29 is 59.8 Å². The number of hydrogen-bond acceptors (Lipinski definition) is 16. The van der Waals surface area contributed by atoms with Crippen LogP contribution in [0.4, 0.5) is 10.5 Å². The molecule has 3 heterocycles. The monoisotopic (exact) mass is 916 g/mol. The predicted molar refractivity (Wildman–Crippen MR) is 225 cm³/mol. The number of sulfonamides is 1. The van der Waals surface area contributed by atoms with Gasteiger partial charge in [-0.2, -0.15) is 5.10 Å². The van der Waals surface area contributed by atoms with E-state index in [1.165, 1.54) is 31.9 Å². The Morgan fingerprint density at radius 1 is 0.984 bits per heavy atom. The van der Waals surface area contributed by atoms with Crippen LogP contribution in [-0.2, 0) is 59.8 Å². The third kappa shape index (κ3) is 12.2. The van der Waals surface area contributed by atoms with E-state index in [4.69, 9.17) is 18.9 Å². The van der Waals surface area contributed by atoms with Gasteiger partial charge in [0.25, 0.3) is 10.0 Å². The number of aromatic nitrogens is 2. The Morgan fingerprint density at radius 3 is 2.39 bits per heavy atom. The smallest absolute Gasteiger partial charge is 0.347 e. The van der Waals surface area contributed by atoms with E-state index in [1.54, 1.807) is 55.7 Å². The van der Waals surface area contributed by atoms with E-state index in [2.05, 4.69) is 20.8 Å². The molecule has 0 radical (unpaired) electrons. The van der Waals surface area contributed by atoms with Crippen LogP contribution in [0.1, 0.15) is 64.1 Å². The van der Waals surface area contributed by atoms with Crippen LogP contribution >= 0.6 is 11.3 Å². The maximum Gasteiger partial charge on any atom is 0.347 e. The van der Waals surface area contributed by atoms with Crippen LogP contribution in [-0.4, -0.2) is 106 Å². The van der Waals surface area contributed by atoms with Crippen molar-refractivity contribution in [3.8, 4) is 16.9 Å². The molecule has 0 fully saturated rings. The second-order valence-corrected chi connectivity index (χ2v) is 19.7. The van der Waals surface area contributed by atoms with Crippen molar-refractivity contribution in [2.24, 2.45) is 0 Å². The number of anilines is 1. The molecule has 4 aromatic rings. The third-order valence-corrected chi connectivity index (χ3v) is 15.3. The molecule has 4 N–H and O–H groups in total. The summed E-state index contributed by atoms with van der Waals surface area (Å²) in [5.74, 6) is -3.57. The second kappa shape index (κ2) is 20.8. The number of amides is 3. The molecule has 0 aliphatic carbocycles. The number of benzene rings is 2. The zero-order valence-electron chi connectivity index (χ0n) is 34.5. The summed E-state index contributed by atoms with van der Waals surface area (Å²) in [6.45, 7) is 6.11. The van der Waals surface area contributed by atoms with Crippen molar-refractivity contribution in [1.82, 2.24) is 25.1 Å². The normalized spacial score (nSPS) is 16.5. The highest BCUT2D eigenvalue weighted by Gasteiger charge is 2.40. The van der Waals surface area contributed by atoms with Crippen molar-refractivity contribution in [1.29, 1.82) is 0 Å². The van der Waals surface area contributed by atoms with Crippen LogP contribution in [0.15, 0.2) is 75.4 Å². The van der Waals surface area contributed by atoms with Crippen LogP contribution in [0.2, 0.25) is 0 Å². The maximum atomic E-state index is 13.4. The Bertz CT molecular complexity index is 2460. The SMILES string of the molecule is CCN[C@H]1C[C@H](C)S(=O)(=O)c2sc(S(=O)(=O)NC(=O)CCC(=O)OC(C)C(=O)OC(C)C(=O)OCCN(Cc3cccc(OC)c3)C(=O)Nc3ccc(-c4cn[nH]c4)cc3)cc21. The molecule has 2 aromatic heterocycles. The van der Waals surface area contributed by atoms with Crippen molar-refractivity contribution >= 4 is 66.7 Å². The van der Waals surface area contributed by atoms with Crippen molar-refractivity contribution in [3.63, 3.8) is 0 Å². The number of hydrogen-bond donors (Lipinski definition) is 4. The average Bonchev–Trinajstić information content (AvgIpc) is 3.95. The van der Waals surface area contributed by atoms with Crippen LogP contribution < -0.4 is 20.1 Å². The number of thiophene rings is 1. The molecule has 5 rings (SSSR count). The van der Waals surface area contributed by atoms with Crippen molar-refractivity contribution in [2.45, 2.75) is 85.4 Å². The highest BCUT2D eigenvalue weighted by atomic mass is 32.3. The van der Waals surface area contributed by atoms with E-state index < -0.39 is 86.0 Å². The lowest BCUT2D eigenvalue weighted by atomic mass is 10.1. The summed E-state index contributed by atoms with van der Waals surface area (Å²) in [5.41, 5.74) is 3.33. The molecule has 1 aliphatic rings. The molecule has 3 amide bonds. The molecule has 0 saturated carbocycles. The third-order valence-electron chi connectivity index (χ3n) is 9.59. The summed E-state index contributed by atoms with van der Waals surface area (Å²) < 4.78 is 74.1. The van der Waals surface area contributed by atoms with Crippen LogP contribution in [0.25, 0.3) is 11.1 Å². The molecule has 1 aliphatic heterocycles. The first kappa shape index (κ1) is 47.2. The van der Waals surface area contributed by atoms with Crippen LogP contribution in [0, 0.1) is 0 Å². The van der Waals surface area contributed by atoms with E-state index in [-0.39, 0.29) is 34.5 Å². The fraction of sp³-hybridized carbons (Fsp3) is 0.400. The Morgan fingerprint density at radius 2 is 1.71 bits per heavy atom. The lowest BCUT2D eigenvalue weighted by Crippen LogP contribution is -2.38.